The number of carbonyl (C=O) groups excluding carboxylic acids is 1. The molecule has 1 heterocycles. The van der Waals surface area contributed by atoms with Crippen LogP contribution < -0.4 is 5.32 Å². The van der Waals surface area contributed by atoms with Gasteiger partial charge in [0, 0.05) is 24.5 Å². The second-order valence-corrected chi connectivity index (χ2v) is 5.16. The van der Waals surface area contributed by atoms with Crippen molar-refractivity contribution in [1.82, 2.24) is 10.3 Å². The third kappa shape index (κ3) is 5.25. The van der Waals surface area contributed by atoms with Crippen LogP contribution >= 0.6 is 0 Å². The Morgan fingerprint density at radius 2 is 1.74 bits per heavy atom. The first-order valence-corrected chi connectivity index (χ1v) is 7.23. The largest absolute Gasteiger partial charge is 0.350 e. The molecule has 0 bridgehead atoms. The molecule has 19 heavy (non-hydrogen) atoms. The quantitative estimate of drug-likeness (QED) is 0.845. The number of aromatic nitrogens is 1. The second-order valence-electron chi connectivity index (χ2n) is 5.16. The Morgan fingerprint density at radius 1 is 1.11 bits per heavy atom. The topological polar surface area (TPSA) is 42.0 Å². The van der Waals surface area contributed by atoms with Crippen molar-refractivity contribution in [2.45, 2.75) is 51.0 Å². The fraction of sp³-hybridized carbons (Fsp3) is 0.500. The lowest BCUT2D eigenvalue weighted by molar-refractivity contribution is -0.117. The zero-order valence-electron chi connectivity index (χ0n) is 11.3. The van der Waals surface area contributed by atoms with E-state index in [4.69, 9.17) is 0 Å². The summed E-state index contributed by atoms with van der Waals surface area (Å²) >= 11 is 0. The molecule has 1 aliphatic rings. The summed E-state index contributed by atoms with van der Waals surface area (Å²) in [6.45, 7) is 0. The minimum Gasteiger partial charge on any atom is -0.350 e. The fourth-order valence-electron chi connectivity index (χ4n) is 2.50. The van der Waals surface area contributed by atoms with Gasteiger partial charge in [0.15, 0.2) is 0 Å². The van der Waals surface area contributed by atoms with Gasteiger partial charge in [-0.05, 0) is 36.6 Å². The molecule has 3 heteroatoms. The van der Waals surface area contributed by atoms with Crippen LogP contribution in [0.2, 0.25) is 0 Å². The lowest BCUT2D eigenvalue weighted by atomic mass is 9.97. The van der Waals surface area contributed by atoms with Crippen LogP contribution in [0.5, 0.6) is 0 Å². The van der Waals surface area contributed by atoms with Gasteiger partial charge in [-0.3, -0.25) is 9.78 Å². The molecule has 0 radical (unpaired) electrons. The van der Waals surface area contributed by atoms with E-state index in [-0.39, 0.29) is 5.91 Å². The van der Waals surface area contributed by atoms with E-state index in [0.29, 0.717) is 6.04 Å². The number of nitrogens with one attached hydrogen (secondary N) is 1. The summed E-state index contributed by atoms with van der Waals surface area (Å²) < 4.78 is 0. The lowest BCUT2D eigenvalue weighted by Crippen LogP contribution is -2.34. The maximum Gasteiger partial charge on any atom is 0.244 e. The molecular formula is C16H22N2O. The van der Waals surface area contributed by atoms with Gasteiger partial charge in [0.2, 0.25) is 5.91 Å². The number of amides is 1. The van der Waals surface area contributed by atoms with E-state index >= 15 is 0 Å². The molecule has 3 nitrogen and oxygen atoms in total. The summed E-state index contributed by atoms with van der Waals surface area (Å²) in [6.07, 6.45) is 15.6. The molecule has 1 aliphatic carbocycles. The molecule has 0 aliphatic heterocycles. The Labute approximate surface area is 115 Å². The molecule has 1 saturated carbocycles. The van der Waals surface area contributed by atoms with Gasteiger partial charge >= 0.3 is 0 Å². The number of hydrogen-bond acceptors (Lipinski definition) is 2. The monoisotopic (exact) mass is 258 g/mol. The van der Waals surface area contributed by atoms with Gasteiger partial charge in [0.05, 0.1) is 0 Å². The third-order valence-electron chi connectivity index (χ3n) is 3.58. The molecule has 1 aromatic heterocycles. The molecule has 0 aromatic carbocycles. The molecule has 102 valence electrons. The van der Waals surface area contributed by atoms with E-state index in [0.717, 1.165) is 18.4 Å². The summed E-state index contributed by atoms with van der Waals surface area (Å²) in [5.41, 5.74) is 1.00. The molecule has 1 fully saturated rings. The maximum atomic E-state index is 11.9. The Bertz CT molecular complexity index is 406. The molecular weight excluding hydrogens is 236 g/mol. The summed E-state index contributed by atoms with van der Waals surface area (Å²) in [5, 5.41) is 3.12. The highest BCUT2D eigenvalue weighted by molar-refractivity contribution is 5.91. The summed E-state index contributed by atoms with van der Waals surface area (Å²) in [4.78, 5) is 15.8. The van der Waals surface area contributed by atoms with Crippen LogP contribution in [0.25, 0.3) is 6.08 Å². The molecule has 1 aromatic rings. The summed E-state index contributed by atoms with van der Waals surface area (Å²) in [7, 11) is 0. The van der Waals surface area contributed by atoms with Crippen molar-refractivity contribution < 1.29 is 4.79 Å². The van der Waals surface area contributed by atoms with Crippen LogP contribution in [-0.2, 0) is 4.79 Å². The molecule has 1 amide bonds. The van der Waals surface area contributed by atoms with Gasteiger partial charge in [-0.2, -0.15) is 0 Å². The van der Waals surface area contributed by atoms with Crippen LogP contribution in [0.15, 0.2) is 30.6 Å². The van der Waals surface area contributed by atoms with Crippen molar-refractivity contribution in [3.05, 3.63) is 36.2 Å². The highest BCUT2D eigenvalue weighted by Gasteiger charge is 2.12. The number of hydrogen-bond donors (Lipinski definition) is 1. The molecule has 0 spiro atoms. The van der Waals surface area contributed by atoms with Gasteiger partial charge in [-0.25, -0.2) is 0 Å². The number of nitrogens with zero attached hydrogens (tertiary/aromatic N) is 1. The zero-order chi connectivity index (χ0) is 13.3. The molecule has 1 N–H and O–H groups in total. The average molecular weight is 258 g/mol. The van der Waals surface area contributed by atoms with Gasteiger partial charge in [0.1, 0.15) is 0 Å². The molecule has 2 rings (SSSR count). The first-order chi connectivity index (χ1) is 9.34. The Hall–Kier alpha value is -1.64. The zero-order valence-corrected chi connectivity index (χ0v) is 11.3. The Kier molecular flexibility index (Phi) is 5.60. The smallest absolute Gasteiger partial charge is 0.244 e. The van der Waals surface area contributed by atoms with E-state index in [9.17, 15) is 4.79 Å². The van der Waals surface area contributed by atoms with E-state index in [1.54, 1.807) is 18.5 Å². The van der Waals surface area contributed by atoms with E-state index < -0.39 is 0 Å². The van der Waals surface area contributed by atoms with Gasteiger partial charge in [-0.15, -0.1) is 0 Å². The van der Waals surface area contributed by atoms with Crippen LogP contribution in [0.3, 0.4) is 0 Å². The maximum absolute atomic E-state index is 11.9. The van der Waals surface area contributed by atoms with Crippen molar-refractivity contribution >= 4 is 12.0 Å². The van der Waals surface area contributed by atoms with Gasteiger partial charge in [-0.1, -0.05) is 32.1 Å². The lowest BCUT2D eigenvalue weighted by Gasteiger charge is -2.20. The second kappa shape index (κ2) is 7.72. The SMILES string of the molecule is O=C(/C=C/c1ccncc1)NC1CCCCCCC1. The van der Waals surface area contributed by atoms with Crippen LogP contribution in [-0.4, -0.2) is 16.9 Å². The van der Waals surface area contributed by atoms with Crippen LogP contribution in [0.4, 0.5) is 0 Å². The van der Waals surface area contributed by atoms with Crippen molar-refractivity contribution in [2.75, 3.05) is 0 Å². The Morgan fingerprint density at radius 3 is 2.42 bits per heavy atom. The number of rotatable bonds is 3. The Balaban J connectivity index is 1.81. The molecule has 0 unspecified atom stereocenters. The number of carbonyl (C=O) groups is 1. The minimum absolute atomic E-state index is 0.0161. The highest BCUT2D eigenvalue weighted by atomic mass is 16.1. The van der Waals surface area contributed by atoms with Gasteiger partial charge in [0.25, 0.3) is 0 Å². The van der Waals surface area contributed by atoms with Crippen LogP contribution in [0.1, 0.15) is 50.5 Å². The highest BCUT2D eigenvalue weighted by Crippen LogP contribution is 2.17. The predicted molar refractivity (Wildman–Crippen MR) is 77.5 cm³/mol. The standard InChI is InChI=1S/C16H22N2O/c19-16(9-8-14-10-12-17-13-11-14)18-15-6-4-2-1-3-5-7-15/h8-13,15H,1-7H2,(H,18,19)/b9-8+. The molecule has 0 saturated heterocycles. The van der Waals surface area contributed by atoms with E-state index in [1.807, 2.05) is 18.2 Å². The first kappa shape index (κ1) is 13.8. The predicted octanol–water partition coefficient (Wildman–Crippen LogP) is 3.32. The normalized spacial score (nSPS) is 17.9. The van der Waals surface area contributed by atoms with Crippen molar-refractivity contribution in [2.24, 2.45) is 0 Å². The fourth-order valence-corrected chi connectivity index (χ4v) is 2.50. The minimum atomic E-state index is 0.0161. The van der Waals surface area contributed by atoms with Gasteiger partial charge < -0.3 is 5.32 Å². The van der Waals surface area contributed by atoms with Crippen molar-refractivity contribution in [3.63, 3.8) is 0 Å². The summed E-state index contributed by atoms with van der Waals surface area (Å²) in [6, 6.07) is 4.13. The first-order valence-electron chi connectivity index (χ1n) is 7.23. The van der Waals surface area contributed by atoms with Crippen molar-refractivity contribution in [1.29, 1.82) is 0 Å². The van der Waals surface area contributed by atoms with Crippen LogP contribution in [0, 0.1) is 0 Å². The van der Waals surface area contributed by atoms with E-state index in [2.05, 4.69) is 10.3 Å². The molecule has 0 atom stereocenters. The van der Waals surface area contributed by atoms with Crippen molar-refractivity contribution in [3.8, 4) is 0 Å². The summed E-state index contributed by atoms with van der Waals surface area (Å²) in [5.74, 6) is 0.0161. The average Bonchev–Trinajstić information content (AvgIpc) is 2.41. The third-order valence-corrected chi connectivity index (χ3v) is 3.58. The number of pyridine rings is 1. The van der Waals surface area contributed by atoms with E-state index in [1.165, 1.54) is 32.1 Å².